The van der Waals surface area contributed by atoms with Crippen LogP contribution in [0.3, 0.4) is 0 Å². The third-order valence-electron chi connectivity index (χ3n) is 1.97. The maximum absolute atomic E-state index is 9.19. The Hall–Kier alpha value is -1.28. The van der Waals surface area contributed by atoms with Crippen molar-refractivity contribution in [1.29, 1.82) is 0 Å². The van der Waals surface area contributed by atoms with Crippen molar-refractivity contribution in [2.24, 2.45) is 0 Å². The lowest BCUT2D eigenvalue weighted by atomic mass is 10.1. The van der Waals surface area contributed by atoms with E-state index >= 15 is 0 Å². The summed E-state index contributed by atoms with van der Waals surface area (Å²) in [7, 11) is 0. The van der Waals surface area contributed by atoms with Crippen molar-refractivity contribution in [2.45, 2.75) is 6.92 Å². The molecule has 0 radical (unpaired) electrons. The number of aromatic hydroxyl groups is 1. The Bertz CT molecular complexity index is 400. The summed E-state index contributed by atoms with van der Waals surface area (Å²) in [6.45, 7) is 2.06. The van der Waals surface area contributed by atoms with Gasteiger partial charge in [-0.05, 0) is 24.1 Å². The first-order chi connectivity index (χ1) is 6.25. The molecule has 0 aliphatic rings. The van der Waals surface area contributed by atoms with Crippen molar-refractivity contribution in [3.63, 3.8) is 0 Å². The Kier molecular flexibility index (Phi) is 2.07. The van der Waals surface area contributed by atoms with Gasteiger partial charge in [0.25, 0.3) is 0 Å². The summed E-state index contributed by atoms with van der Waals surface area (Å²) in [6.07, 6.45) is 0. The van der Waals surface area contributed by atoms with E-state index in [9.17, 15) is 5.11 Å². The van der Waals surface area contributed by atoms with Gasteiger partial charge < -0.3 is 5.11 Å². The molecule has 0 fully saturated rings. The summed E-state index contributed by atoms with van der Waals surface area (Å²) in [4.78, 5) is 0. The Morgan fingerprint density at radius 3 is 2.31 bits per heavy atom. The first-order valence-corrected chi connectivity index (χ1v) is 4.98. The summed E-state index contributed by atoms with van der Waals surface area (Å²) < 4.78 is 0. The number of benzene rings is 1. The molecule has 0 atom stereocenters. The molecule has 0 spiro atoms. The molecule has 0 aliphatic carbocycles. The Morgan fingerprint density at radius 1 is 1.08 bits per heavy atom. The summed E-state index contributed by atoms with van der Waals surface area (Å²) in [6, 6.07) is 10.1. The van der Waals surface area contributed by atoms with Crippen molar-refractivity contribution < 1.29 is 5.11 Å². The van der Waals surface area contributed by atoms with Crippen LogP contribution in [0.4, 0.5) is 0 Å². The molecule has 2 aromatic rings. The molecule has 1 aromatic carbocycles. The Labute approximate surface area is 81.3 Å². The number of hydrogen-bond donors (Lipinski definition) is 1. The van der Waals surface area contributed by atoms with Crippen LogP contribution in [0.15, 0.2) is 35.7 Å². The molecule has 13 heavy (non-hydrogen) atoms. The largest absolute Gasteiger partial charge is 0.499 e. The Balaban J connectivity index is 2.41. The van der Waals surface area contributed by atoms with E-state index in [1.807, 2.05) is 5.38 Å². The molecule has 1 aromatic heterocycles. The molecule has 0 saturated heterocycles. The minimum atomic E-state index is 0.371. The minimum Gasteiger partial charge on any atom is -0.499 e. The zero-order valence-corrected chi connectivity index (χ0v) is 8.14. The molecule has 1 nitrogen and oxygen atoms in total. The fourth-order valence-electron chi connectivity index (χ4n) is 1.22. The minimum absolute atomic E-state index is 0.371. The molecular formula is C11H10OS. The zero-order chi connectivity index (χ0) is 9.26. The van der Waals surface area contributed by atoms with E-state index in [0.29, 0.717) is 5.06 Å². The van der Waals surface area contributed by atoms with E-state index in [0.717, 1.165) is 11.1 Å². The molecule has 0 amide bonds. The molecule has 0 unspecified atom stereocenters. The maximum atomic E-state index is 9.19. The summed E-state index contributed by atoms with van der Waals surface area (Å²) in [5.41, 5.74) is 3.49. The third-order valence-corrected chi connectivity index (χ3v) is 2.70. The molecule has 2 heteroatoms. The van der Waals surface area contributed by atoms with Gasteiger partial charge in [-0.3, -0.25) is 0 Å². The smallest absolute Gasteiger partial charge is 0.171 e. The van der Waals surface area contributed by atoms with Crippen LogP contribution < -0.4 is 0 Å². The van der Waals surface area contributed by atoms with E-state index in [1.54, 1.807) is 6.07 Å². The lowest BCUT2D eigenvalue weighted by Crippen LogP contribution is -1.73. The van der Waals surface area contributed by atoms with Crippen molar-refractivity contribution in [1.82, 2.24) is 0 Å². The van der Waals surface area contributed by atoms with Crippen LogP contribution >= 0.6 is 11.3 Å². The topological polar surface area (TPSA) is 20.2 Å². The lowest BCUT2D eigenvalue weighted by molar-refractivity contribution is 0.491. The highest BCUT2D eigenvalue weighted by Gasteiger charge is 1.99. The van der Waals surface area contributed by atoms with Gasteiger partial charge in [-0.1, -0.05) is 29.8 Å². The Morgan fingerprint density at radius 2 is 1.77 bits per heavy atom. The quantitative estimate of drug-likeness (QED) is 0.730. The van der Waals surface area contributed by atoms with Crippen LogP contribution in [0.2, 0.25) is 0 Å². The number of hydrogen-bond acceptors (Lipinski definition) is 2. The van der Waals surface area contributed by atoms with Crippen molar-refractivity contribution in [3.05, 3.63) is 41.3 Å². The van der Waals surface area contributed by atoms with Crippen LogP contribution in [0.25, 0.3) is 11.1 Å². The molecule has 1 heterocycles. The summed E-state index contributed by atoms with van der Waals surface area (Å²) >= 11 is 1.36. The van der Waals surface area contributed by atoms with Gasteiger partial charge in [0.05, 0.1) is 0 Å². The molecule has 66 valence electrons. The number of aryl methyl sites for hydroxylation is 1. The van der Waals surface area contributed by atoms with Gasteiger partial charge in [0, 0.05) is 5.38 Å². The highest BCUT2D eigenvalue weighted by atomic mass is 32.1. The second kappa shape index (κ2) is 3.23. The zero-order valence-electron chi connectivity index (χ0n) is 7.32. The highest BCUT2D eigenvalue weighted by molar-refractivity contribution is 7.12. The average molecular weight is 190 g/mol. The highest BCUT2D eigenvalue weighted by Crippen LogP contribution is 2.29. The second-order valence-corrected chi connectivity index (χ2v) is 3.93. The molecule has 1 N–H and O–H groups in total. The van der Waals surface area contributed by atoms with Crippen molar-refractivity contribution in [2.75, 3.05) is 0 Å². The first-order valence-electron chi connectivity index (χ1n) is 4.10. The van der Waals surface area contributed by atoms with E-state index < -0.39 is 0 Å². The van der Waals surface area contributed by atoms with Gasteiger partial charge in [-0.25, -0.2) is 0 Å². The van der Waals surface area contributed by atoms with Gasteiger partial charge in [0.1, 0.15) is 0 Å². The fraction of sp³-hybridized carbons (Fsp3) is 0.0909. The van der Waals surface area contributed by atoms with Gasteiger partial charge in [0.2, 0.25) is 0 Å². The van der Waals surface area contributed by atoms with Gasteiger partial charge >= 0.3 is 0 Å². The molecule has 0 bridgehead atoms. The van der Waals surface area contributed by atoms with Crippen LogP contribution in [0.5, 0.6) is 5.06 Å². The van der Waals surface area contributed by atoms with Crippen molar-refractivity contribution in [3.8, 4) is 16.2 Å². The van der Waals surface area contributed by atoms with E-state index in [-0.39, 0.29) is 0 Å². The van der Waals surface area contributed by atoms with E-state index in [1.165, 1.54) is 16.9 Å². The number of thiophene rings is 1. The van der Waals surface area contributed by atoms with E-state index in [4.69, 9.17) is 0 Å². The van der Waals surface area contributed by atoms with Gasteiger partial charge in [-0.15, -0.1) is 11.3 Å². The molecule has 0 aliphatic heterocycles. The monoisotopic (exact) mass is 190 g/mol. The van der Waals surface area contributed by atoms with Crippen LogP contribution in [-0.4, -0.2) is 5.11 Å². The maximum Gasteiger partial charge on any atom is 0.171 e. The SMILES string of the molecule is Cc1ccc(-c2csc(O)c2)cc1. The third kappa shape index (κ3) is 1.73. The summed E-state index contributed by atoms with van der Waals surface area (Å²) in [5.74, 6) is 0. The van der Waals surface area contributed by atoms with Gasteiger partial charge in [0.15, 0.2) is 5.06 Å². The van der Waals surface area contributed by atoms with Crippen LogP contribution in [-0.2, 0) is 0 Å². The van der Waals surface area contributed by atoms with Gasteiger partial charge in [-0.2, -0.15) is 0 Å². The normalized spacial score (nSPS) is 10.2. The molecule has 0 saturated carbocycles. The van der Waals surface area contributed by atoms with Crippen LogP contribution in [0, 0.1) is 6.92 Å². The van der Waals surface area contributed by atoms with Crippen LogP contribution in [0.1, 0.15) is 5.56 Å². The van der Waals surface area contributed by atoms with E-state index in [2.05, 4.69) is 31.2 Å². The number of rotatable bonds is 1. The molecular weight excluding hydrogens is 180 g/mol. The fourth-order valence-corrected chi connectivity index (χ4v) is 1.87. The first kappa shape index (κ1) is 8.32. The second-order valence-electron chi connectivity index (χ2n) is 3.04. The predicted molar refractivity (Wildman–Crippen MR) is 56.2 cm³/mol. The molecule has 2 rings (SSSR count). The standard InChI is InChI=1S/C11H10OS/c1-8-2-4-9(5-3-8)10-6-11(12)13-7-10/h2-7,12H,1H3. The summed E-state index contributed by atoms with van der Waals surface area (Å²) in [5, 5.41) is 11.5. The van der Waals surface area contributed by atoms with Crippen molar-refractivity contribution >= 4 is 11.3 Å². The lowest BCUT2D eigenvalue weighted by Gasteiger charge is -1.97. The average Bonchev–Trinajstić information content (AvgIpc) is 2.53. The predicted octanol–water partition coefficient (Wildman–Crippen LogP) is 3.43.